The van der Waals surface area contributed by atoms with Crippen LogP contribution in [0.2, 0.25) is 0 Å². The maximum absolute atomic E-state index is 12.0. The fourth-order valence-electron chi connectivity index (χ4n) is 2.29. The third-order valence-corrected chi connectivity index (χ3v) is 3.49. The lowest BCUT2D eigenvalue weighted by atomic mass is 10.1. The second-order valence-electron chi connectivity index (χ2n) is 4.61. The molecule has 0 aliphatic carbocycles. The van der Waals surface area contributed by atoms with Gasteiger partial charge in [-0.15, -0.1) is 0 Å². The van der Waals surface area contributed by atoms with Gasteiger partial charge in [0.2, 0.25) is 0 Å². The van der Waals surface area contributed by atoms with E-state index < -0.39 is 63.5 Å². The summed E-state index contributed by atoms with van der Waals surface area (Å²) in [5, 5.41) is -2.68. The summed E-state index contributed by atoms with van der Waals surface area (Å²) in [6.45, 7) is 0. The Labute approximate surface area is 170 Å². The van der Waals surface area contributed by atoms with Gasteiger partial charge < -0.3 is 18.3 Å². The van der Waals surface area contributed by atoms with E-state index in [2.05, 4.69) is 8.83 Å². The number of benzene rings is 1. The van der Waals surface area contributed by atoms with Crippen molar-refractivity contribution in [1.29, 1.82) is 0 Å². The fourth-order valence-corrected chi connectivity index (χ4v) is 2.75. The van der Waals surface area contributed by atoms with E-state index in [-0.39, 0.29) is 0 Å². The highest BCUT2D eigenvalue weighted by molar-refractivity contribution is 6.67. The molecule has 0 amide bonds. The summed E-state index contributed by atoms with van der Waals surface area (Å²) in [6, 6.07) is 0. The summed E-state index contributed by atoms with van der Waals surface area (Å²) >= 11 is 33.2. The van der Waals surface area contributed by atoms with Crippen LogP contribution in [-0.4, -0.2) is 7.96 Å². The quantitative estimate of drug-likeness (QED) is 0.510. The first-order chi connectivity index (χ1) is 11.8. The van der Waals surface area contributed by atoms with Crippen LogP contribution in [0.3, 0.4) is 0 Å². The molecule has 3 rings (SSSR count). The van der Waals surface area contributed by atoms with E-state index in [4.69, 9.17) is 79.1 Å². The van der Waals surface area contributed by atoms with E-state index in [0.29, 0.717) is 0 Å². The lowest BCUT2D eigenvalue weighted by Crippen LogP contribution is -2.18. The number of furan rings is 2. The third-order valence-electron chi connectivity index (χ3n) is 3.03. The SMILES string of the molecule is O=c1oc(=O)c2c(OC(Cl)(Cl)Cl)c3c(=O)oc(=O)c3c(OC(Cl)(Cl)Cl)c12. The van der Waals surface area contributed by atoms with Gasteiger partial charge in [0.05, 0.1) is 0 Å². The minimum absolute atomic E-state index is 0.670. The van der Waals surface area contributed by atoms with E-state index in [0.717, 1.165) is 0 Å². The predicted octanol–water partition coefficient (Wildman–Crippen LogP) is 2.91. The molecule has 0 saturated carbocycles. The van der Waals surface area contributed by atoms with Gasteiger partial charge in [-0.2, -0.15) is 0 Å². The van der Waals surface area contributed by atoms with E-state index in [1.54, 1.807) is 0 Å². The van der Waals surface area contributed by atoms with Gasteiger partial charge in [0.15, 0.2) is 11.5 Å². The van der Waals surface area contributed by atoms with Crippen molar-refractivity contribution in [1.82, 2.24) is 0 Å². The van der Waals surface area contributed by atoms with Gasteiger partial charge in [0.25, 0.3) is 0 Å². The van der Waals surface area contributed by atoms with Crippen LogP contribution in [0, 0.1) is 0 Å². The standard InChI is InChI=1S/C12Cl6O8/c13-11(14,15)25-5-1-2(8(20)23-7(1)19)6(26-12(16,17)18)4-3(5)9(21)24-10(4)22. The summed E-state index contributed by atoms with van der Waals surface area (Å²) in [5.41, 5.74) is -5.12. The molecule has 0 N–H and O–H groups in total. The monoisotopic (exact) mass is 482 g/mol. The van der Waals surface area contributed by atoms with Crippen LogP contribution in [0.25, 0.3) is 21.5 Å². The first-order valence-electron chi connectivity index (χ1n) is 6.08. The zero-order chi connectivity index (χ0) is 19.6. The number of ether oxygens (including phenoxy) is 2. The van der Waals surface area contributed by atoms with Gasteiger partial charge in [0.1, 0.15) is 21.5 Å². The molecule has 0 unspecified atom stereocenters. The summed E-state index contributed by atoms with van der Waals surface area (Å²) < 4.78 is 13.8. The highest BCUT2D eigenvalue weighted by Gasteiger charge is 2.36. The number of alkyl halides is 6. The molecule has 0 atom stereocenters. The molecule has 14 heteroatoms. The zero-order valence-corrected chi connectivity index (χ0v) is 16.1. The van der Waals surface area contributed by atoms with Gasteiger partial charge in [-0.25, -0.2) is 19.2 Å². The summed E-state index contributed by atoms with van der Waals surface area (Å²) in [6.07, 6.45) is 0. The minimum Gasteiger partial charge on any atom is -0.444 e. The van der Waals surface area contributed by atoms with E-state index in [9.17, 15) is 19.2 Å². The predicted molar refractivity (Wildman–Crippen MR) is 95.3 cm³/mol. The second-order valence-corrected chi connectivity index (χ2v) is 8.96. The Morgan fingerprint density at radius 1 is 0.538 bits per heavy atom. The maximum atomic E-state index is 12.0. The Hall–Kier alpha value is -1.16. The lowest BCUT2D eigenvalue weighted by molar-refractivity contribution is 0.322. The summed E-state index contributed by atoms with van der Waals surface area (Å²) in [4.78, 5) is 48.2. The van der Waals surface area contributed by atoms with Crippen LogP contribution in [0.4, 0.5) is 0 Å². The number of hydrogen-bond donors (Lipinski definition) is 0. The van der Waals surface area contributed by atoms with Gasteiger partial charge in [-0.1, -0.05) is 0 Å². The molecular weight excluding hydrogens is 485 g/mol. The van der Waals surface area contributed by atoms with Crippen molar-refractivity contribution in [2.75, 3.05) is 0 Å². The van der Waals surface area contributed by atoms with Crippen molar-refractivity contribution in [3.8, 4) is 11.5 Å². The summed E-state index contributed by atoms with van der Waals surface area (Å²) in [5.74, 6) is -1.48. The van der Waals surface area contributed by atoms with Crippen LogP contribution in [-0.2, 0) is 0 Å². The third kappa shape index (κ3) is 3.37. The molecule has 138 valence electrons. The topological polar surface area (TPSA) is 113 Å². The molecule has 0 aliphatic heterocycles. The van der Waals surface area contributed by atoms with Crippen LogP contribution in [0.5, 0.6) is 11.5 Å². The minimum atomic E-state index is -2.49. The van der Waals surface area contributed by atoms with Crippen LogP contribution in [0.15, 0.2) is 28.0 Å². The Morgan fingerprint density at radius 2 is 0.769 bits per heavy atom. The van der Waals surface area contributed by atoms with Crippen LogP contribution < -0.4 is 32.0 Å². The fraction of sp³-hybridized carbons (Fsp3) is 0.167. The second kappa shape index (κ2) is 6.19. The Kier molecular flexibility index (Phi) is 4.66. The molecule has 8 nitrogen and oxygen atoms in total. The van der Waals surface area contributed by atoms with Crippen molar-refractivity contribution in [3.05, 3.63) is 41.7 Å². The van der Waals surface area contributed by atoms with Crippen LogP contribution in [0.1, 0.15) is 0 Å². The van der Waals surface area contributed by atoms with Gasteiger partial charge in [-0.05, 0) is 69.6 Å². The first kappa shape index (κ1) is 19.6. The lowest BCUT2D eigenvalue weighted by Gasteiger charge is -2.17. The Balaban J connectivity index is 2.65. The number of halogens is 6. The molecule has 1 aromatic carbocycles. The number of hydrogen-bond acceptors (Lipinski definition) is 8. The number of rotatable bonds is 2. The molecule has 2 aromatic heterocycles. The first-order valence-corrected chi connectivity index (χ1v) is 8.35. The van der Waals surface area contributed by atoms with Gasteiger partial charge >= 0.3 is 30.5 Å². The van der Waals surface area contributed by atoms with Crippen molar-refractivity contribution in [2.24, 2.45) is 0 Å². The average molecular weight is 485 g/mol. The highest BCUT2D eigenvalue weighted by atomic mass is 35.6. The molecule has 0 spiro atoms. The highest BCUT2D eigenvalue weighted by Crippen LogP contribution is 2.43. The van der Waals surface area contributed by atoms with Crippen molar-refractivity contribution < 1.29 is 18.3 Å². The molecule has 0 radical (unpaired) electrons. The van der Waals surface area contributed by atoms with Gasteiger partial charge in [-0.3, -0.25) is 0 Å². The Bertz CT molecular complexity index is 1060. The van der Waals surface area contributed by atoms with E-state index >= 15 is 0 Å². The molecule has 0 saturated heterocycles. The molecule has 26 heavy (non-hydrogen) atoms. The summed E-state index contributed by atoms with van der Waals surface area (Å²) in [7, 11) is 0. The smallest absolute Gasteiger partial charge is 0.350 e. The largest absolute Gasteiger partial charge is 0.444 e. The normalized spacial score (nSPS) is 12.8. The average Bonchev–Trinajstić information content (AvgIpc) is 2.88. The molecular formula is C12Cl6O8. The van der Waals surface area contributed by atoms with Crippen molar-refractivity contribution in [2.45, 2.75) is 7.96 Å². The Morgan fingerprint density at radius 3 is 0.962 bits per heavy atom. The van der Waals surface area contributed by atoms with Crippen molar-refractivity contribution >= 4 is 91.2 Å². The van der Waals surface area contributed by atoms with Crippen LogP contribution >= 0.6 is 69.6 Å². The maximum Gasteiger partial charge on any atom is 0.350 e. The van der Waals surface area contributed by atoms with Crippen molar-refractivity contribution in [3.63, 3.8) is 0 Å². The number of fused-ring (bicyclic) bond motifs is 2. The van der Waals surface area contributed by atoms with E-state index in [1.165, 1.54) is 0 Å². The zero-order valence-electron chi connectivity index (χ0n) is 11.5. The molecule has 3 aromatic rings. The molecule has 2 heterocycles. The molecule has 0 bridgehead atoms. The molecule has 0 fully saturated rings. The molecule has 0 aliphatic rings. The van der Waals surface area contributed by atoms with Gasteiger partial charge in [0, 0.05) is 0 Å². The van der Waals surface area contributed by atoms with E-state index in [1.807, 2.05) is 0 Å².